The molecule has 0 radical (unpaired) electrons. The van der Waals surface area contributed by atoms with Crippen LogP contribution in [0.25, 0.3) is 71.7 Å². The summed E-state index contributed by atoms with van der Waals surface area (Å²) in [5, 5.41) is 12.6. The first kappa shape index (κ1) is 31.3. The molecule has 236 valence electrons. The highest BCUT2D eigenvalue weighted by Crippen LogP contribution is 2.36. The van der Waals surface area contributed by atoms with Crippen LogP contribution in [0.2, 0.25) is 0 Å². The van der Waals surface area contributed by atoms with Gasteiger partial charge in [-0.25, -0.2) is 4.98 Å². The van der Waals surface area contributed by atoms with Crippen molar-refractivity contribution in [1.82, 2.24) is 19.9 Å². The maximum atomic E-state index is 8.04. The predicted molar refractivity (Wildman–Crippen MR) is 206 cm³/mol. The van der Waals surface area contributed by atoms with Gasteiger partial charge >= 0.3 is 0 Å². The second-order valence-electron chi connectivity index (χ2n) is 11.8. The van der Waals surface area contributed by atoms with Gasteiger partial charge in [0, 0.05) is 52.9 Å². The molecular formula is C44H35N5. The average molecular weight is 634 g/mol. The standard InChI is InChI=1S/C44H35N5/c1-4-11-34(27-45)41-25-36(26-42(49-41)35-14-10-19-46-28-35)30(6-3)22-29(5-2)31-12-9-13-32(23-31)33-17-18-39-40(24-33)37-15-7-8-16-38(37)43-44(39)48-21-20-47-43/h4-5,7-28,45H,1,6H2,2-3H3/b29-5+,30-22+,34-11+,45-27?. The number of hydrogen-bond donors (Lipinski definition) is 1. The quantitative estimate of drug-likeness (QED) is 0.0975. The van der Waals surface area contributed by atoms with Gasteiger partial charge in [0.05, 0.1) is 22.4 Å². The summed E-state index contributed by atoms with van der Waals surface area (Å²) in [4.78, 5) is 18.6. The number of rotatable bonds is 9. The van der Waals surface area contributed by atoms with E-state index >= 15 is 0 Å². The second-order valence-corrected chi connectivity index (χ2v) is 11.8. The minimum atomic E-state index is 0.694. The van der Waals surface area contributed by atoms with Crippen molar-refractivity contribution >= 4 is 55.5 Å². The third-order valence-corrected chi connectivity index (χ3v) is 8.90. The zero-order valence-electron chi connectivity index (χ0n) is 27.6. The average Bonchev–Trinajstić information content (AvgIpc) is 3.17. The smallest absolute Gasteiger partial charge is 0.0971 e. The summed E-state index contributed by atoms with van der Waals surface area (Å²) in [6.45, 7) is 8.09. The molecule has 0 amide bonds. The normalized spacial score (nSPS) is 12.5. The summed E-state index contributed by atoms with van der Waals surface area (Å²) in [6.07, 6.45) is 17.2. The minimum absolute atomic E-state index is 0.694. The Morgan fingerprint density at radius 2 is 1.47 bits per heavy atom. The molecule has 7 aromatic rings. The van der Waals surface area contributed by atoms with Crippen molar-refractivity contribution in [3.8, 4) is 22.4 Å². The first-order valence-corrected chi connectivity index (χ1v) is 16.4. The van der Waals surface area contributed by atoms with E-state index in [4.69, 9.17) is 15.4 Å². The van der Waals surface area contributed by atoms with Crippen molar-refractivity contribution in [2.75, 3.05) is 0 Å². The molecule has 0 aliphatic rings. The van der Waals surface area contributed by atoms with Crippen LogP contribution >= 0.6 is 0 Å². The van der Waals surface area contributed by atoms with Crippen LogP contribution in [0.5, 0.6) is 0 Å². The highest BCUT2D eigenvalue weighted by Gasteiger charge is 2.14. The van der Waals surface area contributed by atoms with Crippen LogP contribution in [0.15, 0.2) is 147 Å². The molecule has 49 heavy (non-hydrogen) atoms. The Hall–Kier alpha value is -6.33. The monoisotopic (exact) mass is 633 g/mol. The van der Waals surface area contributed by atoms with Gasteiger partial charge in [-0.1, -0.05) is 92.4 Å². The zero-order valence-corrected chi connectivity index (χ0v) is 27.6. The number of hydrogen-bond acceptors (Lipinski definition) is 5. The van der Waals surface area contributed by atoms with Gasteiger partial charge in [0.25, 0.3) is 0 Å². The third kappa shape index (κ3) is 6.10. The van der Waals surface area contributed by atoms with Crippen molar-refractivity contribution < 1.29 is 0 Å². The molecular weight excluding hydrogens is 599 g/mol. The third-order valence-electron chi connectivity index (χ3n) is 8.90. The van der Waals surface area contributed by atoms with E-state index in [9.17, 15) is 0 Å². The van der Waals surface area contributed by atoms with E-state index in [1.165, 1.54) is 22.6 Å². The number of fused-ring (bicyclic) bond motifs is 6. The molecule has 0 saturated carbocycles. The Balaban J connectivity index is 1.31. The Kier molecular flexibility index (Phi) is 8.81. The largest absolute Gasteiger partial charge is 0.308 e. The maximum Gasteiger partial charge on any atom is 0.0971 e. The van der Waals surface area contributed by atoms with Gasteiger partial charge in [0.15, 0.2) is 0 Å². The minimum Gasteiger partial charge on any atom is -0.308 e. The van der Waals surface area contributed by atoms with Gasteiger partial charge in [0.2, 0.25) is 0 Å². The molecule has 3 aromatic heterocycles. The molecule has 0 atom stereocenters. The van der Waals surface area contributed by atoms with Crippen LogP contribution in [0.4, 0.5) is 0 Å². The molecule has 0 aliphatic carbocycles. The van der Waals surface area contributed by atoms with Crippen molar-refractivity contribution in [3.63, 3.8) is 0 Å². The summed E-state index contributed by atoms with van der Waals surface area (Å²) in [5.41, 5.74) is 11.8. The van der Waals surface area contributed by atoms with Crippen LogP contribution in [0, 0.1) is 5.41 Å². The summed E-state index contributed by atoms with van der Waals surface area (Å²) in [6, 6.07) is 31.9. The van der Waals surface area contributed by atoms with E-state index in [1.807, 2.05) is 24.4 Å². The fourth-order valence-electron chi connectivity index (χ4n) is 6.46. The van der Waals surface area contributed by atoms with E-state index < -0.39 is 0 Å². The molecule has 0 fully saturated rings. The number of nitrogens with one attached hydrogen (secondary N) is 1. The summed E-state index contributed by atoms with van der Waals surface area (Å²) < 4.78 is 0. The number of nitrogens with zero attached hydrogens (tertiary/aromatic N) is 4. The van der Waals surface area contributed by atoms with Crippen molar-refractivity contribution in [3.05, 3.63) is 163 Å². The van der Waals surface area contributed by atoms with Gasteiger partial charge in [0.1, 0.15) is 0 Å². The van der Waals surface area contributed by atoms with E-state index in [0.29, 0.717) is 5.57 Å². The van der Waals surface area contributed by atoms with Crippen LogP contribution in [-0.2, 0) is 0 Å². The van der Waals surface area contributed by atoms with Crippen molar-refractivity contribution in [2.45, 2.75) is 20.3 Å². The molecule has 0 bridgehead atoms. The van der Waals surface area contributed by atoms with Crippen LogP contribution in [-0.4, -0.2) is 26.2 Å². The first-order valence-electron chi connectivity index (χ1n) is 16.4. The lowest BCUT2D eigenvalue weighted by atomic mass is 9.92. The van der Waals surface area contributed by atoms with E-state index in [-0.39, 0.29) is 0 Å². The second kappa shape index (κ2) is 13.8. The number of benzene rings is 4. The number of aromatic nitrogens is 4. The fraction of sp³-hybridized carbons (Fsp3) is 0.0682. The molecule has 3 heterocycles. The fourth-order valence-corrected chi connectivity index (χ4v) is 6.46. The molecule has 7 rings (SSSR count). The highest BCUT2D eigenvalue weighted by molar-refractivity contribution is 6.23. The van der Waals surface area contributed by atoms with Crippen LogP contribution in [0.1, 0.15) is 37.1 Å². The predicted octanol–water partition coefficient (Wildman–Crippen LogP) is 11.2. The molecule has 4 aromatic carbocycles. The van der Waals surface area contributed by atoms with E-state index in [0.717, 1.165) is 73.0 Å². The van der Waals surface area contributed by atoms with Crippen molar-refractivity contribution in [1.29, 1.82) is 5.41 Å². The van der Waals surface area contributed by atoms with Crippen LogP contribution in [0.3, 0.4) is 0 Å². The molecule has 1 N–H and O–H groups in total. The number of pyridine rings is 2. The van der Waals surface area contributed by atoms with E-state index in [1.54, 1.807) is 24.7 Å². The van der Waals surface area contributed by atoms with Gasteiger partial charge in [-0.2, -0.15) is 0 Å². The lowest BCUT2D eigenvalue weighted by Gasteiger charge is -2.14. The SMILES string of the molecule is C=C/C=C(\C=N)c1cc(/C(=C/C(=C\C)c2cccc(-c3ccc4c(c3)c3ccccc3c3nccnc43)c2)CC)cc(-c2cccnc2)n1. The lowest BCUT2D eigenvalue weighted by Crippen LogP contribution is -1.97. The molecule has 0 unspecified atom stereocenters. The topological polar surface area (TPSA) is 75.4 Å². The highest BCUT2D eigenvalue weighted by atomic mass is 14.8. The molecule has 0 saturated heterocycles. The lowest BCUT2D eigenvalue weighted by molar-refractivity contribution is 1.21. The van der Waals surface area contributed by atoms with Crippen LogP contribution < -0.4 is 0 Å². The van der Waals surface area contributed by atoms with Gasteiger partial charge in [-0.05, 0) is 93.9 Å². The summed E-state index contributed by atoms with van der Waals surface area (Å²) in [5.74, 6) is 0. The Morgan fingerprint density at radius 1 is 0.714 bits per heavy atom. The molecule has 5 heteroatoms. The zero-order chi connectivity index (χ0) is 33.7. The van der Waals surface area contributed by atoms with Gasteiger partial charge < -0.3 is 5.41 Å². The Morgan fingerprint density at radius 3 is 2.18 bits per heavy atom. The van der Waals surface area contributed by atoms with Gasteiger partial charge in [-0.3, -0.25) is 15.0 Å². The Bertz CT molecular complexity index is 2440. The summed E-state index contributed by atoms with van der Waals surface area (Å²) >= 11 is 0. The maximum absolute atomic E-state index is 8.04. The van der Waals surface area contributed by atoms with Gasteiger partial charge in [-0.15, -0.1) is 0 Å². The molecule has 5 nitrogen and oxygen atoms in total. The van der Waals surface area contributed by atoms with Crippen molar-refractivity contribution in [2.24, 2.45) is 0 Å². The Labute approximate surface area is 286 Å². The summed E-state index contributed by atoms with van der Waals surface area (Å²) in [7, 11) is 0. The van der Waals surface area contributed by atoms with E-state index in [2.05, 4.69) is 121 Å². The molecule has 0 aliphatic heterocycles. The number of allylic oxidation sites excluding steroid dienone is 7. The molecule has 0 spiro atoms. The first-order chi connectivity index (χ1) is 24.1.